The molecule has 3 aromatic rings. The lowest BCUT2D eigenvalue weighted by Gasteiger charge is -2.13. The quantitative estimate of drug-likeness (QED) is 0.369. The number of carbonyl (C=O) groups is 2. The summed E-state index contributed by atoms with van der Waals surface area (Å²) in [5.74, 6) is -6.19. The van der Waals surface area contributed by atoms with Crippen molar-refractivity contribution in [2.24, 2.45) is 0 Å². The molecule has 0 aliphatic heterocycles. The van der Waals surface area contributed by atoms with Crippen LogP contribution in [0.4, 0.5) is 18.9 Å². The van der Waals surface area contributed by atoms with Gasteiger partial charge in [0, 0.05) is 25.4 Å². The van der Waals surface area contributed by atoms with E-state index in [-0.39, 0.29) is 35.6 Å². The van der Waals surface area contributed by atoms with Gasteiger partial charge in [-0.15, -0.1) is 0 Å². The summed E-state index contributed by atoms with van der Waals surface area (Å²) in [5.41, 5.74) is -1.34. The number of aromatic nitrogens is 1. The second kappa shape index (κ2) is 11.1. The Morgan fingerprint density at radius 1 is 1.11 bits per heavy atom. The van der Waals surface area contributed by atoms with Crippen LogP contribution >= 0.6 is 0 Å². The number of nitriles is 1. The number of ketones is 1. The molecule has 0 atom stereocenters. The van der Waals surface area contributed by atoms with Gasteiger partial charge < -0.3 is 19.4 Å². The summed E-state index contributed by atoms with van der Waals surface area (Å²) in [5, 5.41) is 11.3. The average molecular weight is 485 g/mol. The van der Waals surface area contributed by atoms with Crippen molar-refractivity contribution in [1.82, 2.24) is 4.57 Å². The predicted molar refractivity (Wildman–Crippen MR) is 118 cm³/mol. The molecule has 0 aliphatic rings. The summed E-state index contributed by atoms with van der Waals surface area (Å²) >= 11 is 0. The highest BCUT2D eigenvalue weighted by Crippen LogP contribution is 2.23. The van der Waals surface area contributed by atoms with Crippen molar-refractivity contribution in [2.45, 2.75) is 6.54 Å². The van der Waals surface area contributed by atoms with Crippen molar-refractivity contribution in [3.05, 3.63) is 93.2 Å². The van der Waals surface area contributed by atoms with Gasteiger partial charge in [0.05, 0.1) is 17.9 Å². The largest absolute Gasteiger partial charge is 0.483 e. The van der Waals surface area contributed by atoms with E-state index in [2.05, 4.69) is 5.32 Å². The molecule has 0 unspecified atom stereocenters. The third kappa shape index (κ3) is 5.74. The zero-order valence-electron chi connectivity index (χ0n) is 18.3. The molecule has 3 rings (SSSR count). The van der Waals surface area contributed by atoms with Gasteiger partial charge >= 0.3 is 0 Å². The Kier molecular flexibility index (Phi) is 8.01. The number of hydrogen-bond acceptors (Lipinski definition) is 6. The smallest absolute Gasteiger partial charge is 0.268 e. The number of nitrogens with zero attached hydrogens (tertiary/aromatic N) is 2. The van der Waals surface area contributed by atoms with Crippen LogP contribution in [0.1, 0.15) is 21.5 Å². The van der Waals surface area contributed by atoms with Crippen LogP contribution in [0, 0.1) is 28.8 Å². The standard InChI is InChI=1S/C24H18F3N3O5/c1-34-9-8-30-12-15(10-14(11-28)24(30)33)23(32)16-4-2-3-5-19(16)35-13-20(31)29-18-7-6-17(25)21(26)22(18)27/h2-7,10,12H,8-9,13H2,1H3,(H,29,31). The van der Waals surface area contributed by atoms with Crippen molar-refractivity contribution in [3.8, 4) is 11.8 Å². The molecule has 0 saturated heterocycles. The zero-order valence-corrected chi connectivity index (χ0v) is 18.3. The van der Waals surface area contributed by atoms with Crippen LogP contribution in [0.15, 0.2) is 53.5 Å². The van der Waals surface area contributed by atoms with E-state index in [0.717, 1.165) is 12.1 Å². The number of benzene rings is 2. The first kappa shape index (κ1) is 25.2. The summed E-state index contributed by atoms with van der Waals surface area (Å²) < 4.78 is 51.7. The summed E-state index contributed by atoms with van der Waals surface area (Å²) in [4.78, 5) is 37.6. The number of methoxy groups -OCH3 is 1. The number of rotatable bonds is 9. The number of halogens is 3. The van der Waals surface area contributed by atoms with E-state index in [1.807, 2.05) is 0 Å². The molecule has 1 amide bonds. The fourth-order valence-corrected chi connectivity index (χ4v) is 3.08. The third-order valence-electron chi connectivity index (χ3n) is 4.80. The van der Waals surface area contributed by atoms with Crippen LogP contribution < -0.4 is 15.6 Å². The minimum Gasteiger partial charge on any atom is -0.483 e. The van der Waals surface area contributed by atoms with Crippen LogP contribution in [-0.2, 0) is 16.1 Å². The summed E-state index contributed by atoms with van der Waals surface area (Å²) in [6.07, 6.45) is 1.29. The van der Waals surface area contributed by atoms with Gasteiger partial charge in [-0.25, -0.2) is 13.2 Å². The number of ether oxygens (including phenoxy) is 2. The van der Waals surface area contributed by atoms with Crippen molar-refractivity contribution >= 4 is 17.4 Å². The van der Waals surface area contributed by atoms with Gasteiger partial charge in [-0.2, -0.15) is 5.26 Å². The number of amides is 1. The second-order valence-corrected chi connectivity index (χ2v) is 7.13. The SMILES string of the molecule is COCCn1cc(C(=O)c2ccccc2OCC(=O)Nc2ccc(F)c(F)c2F)cc(C#N)c1=O. The number of nitrogens with one attached hydrogen (secondary N) is 1. The van der Waals surface area contributed by atoms with Gasteiger partial charge in [-0.3, -0.25) is 14.4 Å². The first-order chi connectivity index (χ1) is 16.8. The van der Waals surface area contributed by atoms with Gasteiger partial charge in [-0.1, -0.05) is 12.1 Å². The molecule has 0 radical (unpaired) electrons. The molecule has 0 spiro atoms. The molecule has 180 valence electrons. The Bertz CT molecular complexity index is 1380. The molecule has 2 aromatic carbocycles. The molecule has 0 saturated carbocycles. The number of carbonyl (C=O) groups excluding carboxylic acids is 2. The normalized spacial score (nSPS) is 10.5. The molecular formula is C24H18F3N3O5. The van der Waals surface area contributed by atoms with Gasteiger partial charge in [-0.05, 0) is 30.3 Å². The van der Waals surface area contributed by atoms with E-state index >= 15 is 0 Å². The number of anilines is 1. The second-order valence-electron chi connectivity index (χ2n) is 7.13. The first-order valence-corrected chi connectivity index (χ1v) is 10.1. The number of hydrogen-bond donors (Lipinski definition) is 1. The highest BCUT2D eigenvalue weighted by Gasteiger charge is 2.19. The molecule has 0 bridgehead atoms. The third-order valence-corrected chi connectivity index (χ3v) is 4.80. The van der Waals surface area contributed by atoms with Gasteiger partial charge in [0.2, 0.25) is 0 Å². The molecule has 8 nitrogen and oxygen atoms in total. The Morgan fingerprint density at radius 2 is 1.86 bits per heavy atom. The topological polar surface area (TPSA) is 110 Å². The van der Waals surface area contributed by atoms with Crippen molar-refractivity contribution in [3.63, 3.8) is 0 Å². The predicted octanol–water partition coefficient (Wildman–Crippen LogP) is 3.03. The molecule has 0 fully saturated rings. The maximum Gasteiger partial charge on any atom is 0.268 e. The van der Waals surface area contributed by atoms with E-state index in [1.165, 1.54) is 30.0 Å². The van der Waals surface area contributed by atoms with Crippen molar-refractivity contribution in [1.29, 1.82) is 5.26 Å². The van der Waals surface area contributed by atoms with E-state index in [0.29, 0.717) is 6.07 Å². The van der Waals surface area contributed by atoms with E-state index in [1.54, 1.807) is 18.2 Å². The first-order valence-electron chi connectivity index (χ1n) is 10.1. The number of para-hydroxylation sites is 1. The number of pyridine rings is 1. The molecule has 11 heteroatoms. The monoisotopic (exact) mass is 485 g/mol. The summed E-state index contributed by atoms with van der Waals surface area (Å²) in [6, 6.07) is 10.3. The molecule has 1 heterocycles. The zero-order chi connectivity index (χ0) is 25.5. The van der Waals surface area contributed by atoms with Gasteiger partial charge in [0.1, 0.15) is 17.4 Å². The Labute approximate surface area is 197 Å². The lowest BCUT2D eigenvalue weighted by atomic mass is 10.0. The van der Waals surface area contributed by atoms with E-state index in [9.17, 15) is 32.8 Å². The van der Waals surface area contributed by atoms with E-state index in [4.69, 9.17) is 9.47 Å². The minimum absolute atomic E-state index is 0.00782. The fraction of sp³-hybridized carbons (Fsp3) is 0.167. The summed E-state index contributed by atoms with van der Waals surface area (Å²) in [6.45, 7) is -0.390. The van der Waals surface area contributed by atoms with Crippen LogP contribution in [0.3, 0.4) is 0 Å². The van der Waals surface area contributed by atoms with Crippen LogP contribution in [0.5, 0.6) is 5.75 Å². The molecule has 35 heavy (non-hydrogen) atoms. The highest BCUT2D eigenvalue weighted by molar-refractivity contribution is 6.10. The van der Waals surface area contributed by atoms with Crippen LogP contribution in [0.2, 0.25) is 0 Å². The van der Waals surface area contributed by atoms with Crippen molar-refractivity contribution < 1.29 is 32.2 Å². The maximum absolute atomic E-state index is 13.8. The fourth-order valence-electron chi connectivity index (χ4n) is 3.08. The molecule has 1 N–H and O–H groups in total. The Hall–Kier alpha value is -4.43. The Balaban J connectivity index is 1.81. The van der Waals surface area contributed by atoms with Gasteiger partial charge in [0.15, 0.2) is 29.8 Å². The molecular weight excluding hydrogens is 467 g/mol. The van der Waals surface area contributed by atoms with Crippen LogP contribution in [-0.4, -0.2) is 36.6 Å². The lowest BCUT2D eigenvalue weighted by Crippen LogP contribution is -2.26. The van der Waals surface area contributed by atoms with Crippen molar-refractivity contribution in [2.75, 3.05) is 25.6 Å². The minimum atomic E-state index is -1.73. The average Bonchev–Trinajstić information content (AvgIpc) is 2.87. The summed E-state index contributed by atoms with van der Waals surface area (Å²) in [7, 11) is 1.44. The Morgan fingerprint density at radius 3 is 2.57 bits per heavy atom. The molecule has 0 aliphatic carbocycles. The van der Waals surface area contributed by atoms with E-state index < -0.39 is 47.0 Å². The lowest BCUT2D eigenvalue weighted by molar-refractivity contribution is -0.118. The maximum atomic E-state index is 13.8. The molecule has 1 aromatic heterocycles. The van der Waals surface area contributed by atoms with Gasteiger partial charge in [0.25, 0.3) is 11.5 Å². The highest BCUT2D eigenvalue weighted by atomic mass is 19.2. The van der Waals surface area contributed by atoms with Crippen LogP contribution in [0.25, 0.3) is 0 Å².